The van der Waals surface area contributed by atoms with Crippen LogP contribution in [0, 0.1) is 0 Å². The van der Waals surface area contributed by atoms with Crippen LogP contribution in [0.2, 0.25) is 4.47 Å². The second-order valence-electron chi connectivity index (χ2n) is 3.91. The Hall–Kier alpha value is -1.31. The molecule has 1 aromatic heterocycles. The molecule has 108 valence electrons. The highest BCUT2D eigenvalue weighted by Crippen LogP contribution is 2.26. The largest absolute Gasteiger partial charge is 0.494 e. The van der Waals surface area contributed by atoms with E-state index in [0.717, 1.165) is 17.8 Å². The number of halogens is 1. The molecule has 0 bridgehead atoms. The zero-order valence-electron chi connectivity index (χ0n) is 10.7. The second kappa shape index (κ2) is 6.43. The van der Waals surface area contributed by atoms with Crippen LogP contribution in [0.3, 0.4) is 0 Å². The molecule has 0 radical (unpaired) electrons. The van der Waals surface area contributed by atoms with Gasteiger partial charge in [-0.1, -0.05) is 35.9 Å². The van der Waals surface area contributed by atoms with Crippen LogP contribution in [0.1, 0.15) is 13.3 Å². The van der Waals surface area contributed by atoms with Gasteiger partial charge in [-0.25, -0.2) is 13.4 Å². The van der Waals surface area contributed by atoms with E-state index in [2.05, 4.69) is 9.71 Å². The molecule has 2 aromatic rings. The SMILES string of the molecule is CCCOc1cccc(NS(=O)(=O)c2cnc(Cl)s2)c1. The van der Waals surface area contributed by atoms with Crippen molar-refractivity contribution in [3.63, 3.8) is 0 Å². The molecular formula is C12H13ClN2O3S2. The van der Waals surface area contributed by atoms with Gasteiger partial charge >= 0.3 is 0 Å². The monoisotopic (exact) mass is 332 g/mol. The van der Waals surface area contributed by atoms with E-state index in [1.165, 1.54) is 6.20 Å². The fraction of sp³-hybridized carbons (Fsp3) is 0.250. The van der Waals surface area contributed by atoms with E-state index in [1.54, 1.807) is 24.3 Å². The van der Waals surface area contributed by atoms with E-state index in [0.29, 0.717) is 18.0 Å². The van der Waals surface area contributed by atoms with Gasteiger partial charge in [0.15, 0.2) is 8.68 Å². The summed E-state index contributed by atoms with van der Waals surface area (Å²) in [6.07, 6.45) is 2.11. The second-order valence-corrected chi connectivity index (χ2v) is 7.44. The minimum absolute atomic E-state index is 0.0716. The van der Waals surface area contributed by atoms with Crippen molar-refractivity contribution in [3.8, 4) is 5.75 Å². The summed E-state index contributed by atoms with van der Waals surface area (Å²) < 4.78 is 32.4. The van der Waals surface area contributed by atoms with Crippen molar-refractivity contribution in [2.75, 3.05) is 11.3 Å². The average molecular weight is 333 g/mol. The van der Waals surface area contributed by atoms with Crippen LogP contribution < -0.4 is 9.46 Å². The molecule has 0 aliphatic rings. The van der Waals surface area contributed by atoms with Crippen molar-refractivity contribution < 1.29 is 13.2 Å². The quantitative estimate of drug-likeness (QED) is 0.880. The van der Waals surface area contributed by atoms with E-state index in [4.69, 9.17) is 16.3 Å². The van der Waals surface area contributed by atoms with Gasteiger partial charge in [-0.05, 0) is 18.6 Å². The first-order chi connectivity index (χ1) is 9.51. The zero-order valence-corrected chi connectivity index (χ0v) is 13.1. The van der Waals surface area contributed by atoms with E-state index in [1.807, 2.05) is 6.92 Å². The number of rotatable bonds is 6. The molecule has 0 atom stereocenters. The average Bonchev–Trinajstić information content (AvgIpc) is 2.84. The van der Waals surface area contributed by atoms with Crippen molar-refractivity contribution in [3.05, 3.63) is 34.9 Å². The number of ether oxygens (including phenoxy) is 1. The Kier molecular flexibility index (Phi) is 4.85. The summed E-state index contributed by atoms with van der Waals surface area (Å²) in [7, 11) is -3.66. The molecule has 5 nitrogen and oxygen atoms in total. The summed E-state index contributed by atoms with van der Waals surface area (Å²) in [5, 5.41) is 0. The Balaban J connectivity index is 2.17. The molecule has 1 heterocycles. The standard InChI is InChI=1S/C12H13ClN2O3S2/c1-2-6-18-10-5-3-4-9(7-10)15-20(16,17)11-8-14-12(13)19-11/h3-5,7-8,15H,2,6H2,1H3. The van der Waals surface area contributed by atoms with Crippen LogP contribution in [-0.4, -0.2) is 20.0 Å². The topological polar surface area (TPSA) is 68.3 Å². The van der Waals surface area contributed by atoms with Gasteiger partial charge in [0.1, 0.15) is 5.75 Å². The first-order valence-electron chi connectivity index (χ1n) is 5.88. The van der Waals surface area contributed by atoms with Crippen LogP contribution in [0.15, 0.2) is 34.7 Å². The van der Waals surface area contributed by atoms with Gasteiger partial charge in [-0.3, -0.25) is 4.72 Å². The Labute approximate surface area is 126 Å². The molecule has 0 spiro atoms. The first kappa shape index (κ1) is 15.1. The third kappa shape index (κ3) is 3.84. The summed E-state index contributed by atoms with van der Waals surface area (Å²) in [4.78, 5) is 3.72. The Bertz CT molecular complexity index is 686. The number of aromatic nitrogens is 1. The molecule has 8 heteroatoms. The minimum Gasteiger partial charge on any atom is -0.494 e. The molecule has 0 aliphatic carbocycles. The molecule has 2 rings (SSSR count). The van der Waals surface area contributed by atoms with Crippen molar-refractivity contribution in [2.24, 2.45) is 0 Å². The minimum atomic E-state index is -3.66. The molecule has 1 N–H and O–H groups in total. The van der Waals surface area contributed by atoms with Gasteiger partial charge in [0.2, 0.25) is 0 Å². The number of nitrogens with one attached hydrogen (secondary N) is 1. The summed E-state index contributed by atoms with van der Waals surface area (Å²) in [5.74, 6) is 0.620. The summed E-state index contributed by atoms with van der Waals surface area (Å²) >= 11 is 6.55. The van der Waals surface area contributed by atoms with Crippen LogP contribution in [0.4, 0.5) is 5.69 Å². The Morgan fingerprint density at radius 2 is 2.25 bits per heavy atom. The smallest absolute Gasteiger partial charge is 0.273 e. The molecule has 20 heavy (non-hydrogen) atoms. The van der Waals surface area contributed by atoms with Crippen LogP contribution >= 0.6 is 22.9 Å². The van der Waals surface area contributed by atoms with Gasteiger partial charge in [-0.15, -0.1) is 0 Å². The summed E-state index contributed by atoms with van der Waals surface area (Å²) in [5.41, 5.74) is 0.433. The maximum atomic E-state index is 12.1. The maximum absolute atomic E-state index is 12.1. The molecule has 0 saturated carbocycles. The van der Waals surface area contributed by atoms with Gasteiger partial charge in [-0.2, -0.15) is 0 Å². The molecule has 0 fully saturated rings. The number of hydrogen-bond acceptors (Lipinski definition) is 5. The highest BCUT2D eigenvalue weighted by atomic mass is 35.5. The third-order valence-corrected chi connectivity index (χ3v) is 5.24. The van der Waals surface area contributed by atoms with E-state index in [9.17, 15) is 8.42 Å². The number of anilines is 1. The van der Waals surface area contributed by atoms with Gasteiger partial charge < -0.3 is 4.74 Å². The lowest BCUT2D eigenvalue weighted by molar-refractivity contribution is 0.317. The lowest BCUT2D eigenvalue weighted by atomic mass is 10.3. The molecule has 0 amide bonds. The van der Waals surface area contributed by atoms with E-state index < -0.39 is 10.0 Å². The fourth-order valence-electron chi connectivity index (χ4n) is 1.44. The molecule has 1 aromatic carbocycles. The van der Waals surface area contributed by atoms with Gasteiger partial charge in [0.05, 0.1) is 18.5 Å². The third-order valence-electron chi connectivity index (χ3n) is 2.28. The highest BCUT2D eigenvalue weighted by Gasteiger charge is 2.17. The number of benzene rings is 1. The molecular weight excluding hydrogens is 320 g/mol. The molecule has 0 unspecified atom stereocenters. The predicted octanol–water partition coefficient (Wildman–Crippen LogP) is 3.39. The number of hydrogen-bond donors (Lipinski definition) is 1. The number of nitrogens with zero attached hydrogens (tertiary/aromatic N) is 1. The van der Waals surface area contributed by atoms with Crippen molar-refractivity contribution in [2.45, 2.75) is 17.6 Å². The van der Waals surface area contributed by atoms with Gasteiger partial charge in [0.25, 0.3) is 10.0 Å². The highest BCUT2D eigenvalue weighted by molar-refractivity contribution is 7.94. The summed E-state index contributed by atoms with van der Waals surface area (Å²) in [6.45, 7) is 2.58. The lowest BCUT2D eigenvalue weighted by Gasteiger charge is -2.08. The van der Waals surface area contributed by atoms with Gasteiger partial charge in [0, 0.05) is 6.07 Å². The predicted molar refractivity (Wildman–Crippen MR) is 80.2 cm³/mol. The van der Waals surface area contributed by atoms with Crippen LogP contribution in [0.5, 0.6) is 5.75 Å². The first-order valence-corrected chi connectivity index (χ1v) is 8.56. The van der Waals surface area contributed by atoms with Crippen LogP contribution in [-0.2, 0) is 10.0 Å². The zero-order chi connectivity index (χ0) is 14.6. The number of thiazole rings is 1. The molecule has 0 saturated heterocycles. The Morgan fingerprint density at radius 3 is 2.90 bits per heavy atom. The maximum Gasteiger partial charge on any atom is 0.273 e. The van der Waals surface area contributed by atoms with Crippen LogP contribution in [0.25, 0.3) is 0 Å². The van der Waals surface area contributed by atoms with Crippen molar-refractivity contribution in [1.82, 2.24) is 4.98 Å². The van der Waals surface area contributed by atoms with E-state index in [-0.39, 0.29) is 8.68 Å². The number of sulfonamides is 1. The molecule has 0 aliphatic heterocycles. The Morgan fingerprint density at radius 1 is 1.45 bits per heavy atom. The van der Waals surface area contributed by atoms with Crippen molar-refractivity contribution in [1.29, 1.82) is 0 Å². The summed E-state index contributed by atoms with van der Waals surface area (Å²) in [6, 6.07) is 6.79. The van der Waals surface area contributed by atoms with Crippen molar-refractivity contribution >= 4 is 38.6 Å². The lowest BCUT2D eigenvalue weighted by Crippen LogP contribution is -2.11. The normalized spacial score (nSPS) is 11.3. The van der Waals surface area contributed by atoms with E-state index >= 15 is 0 Å². The fourth-order valence-corrected chi connectivity index (χ4v) is 3.78.